The molecule has 5 nitrogen and oxygen atoms in total. The van der Waals surface area contributed by atoms with Crippen molar-refractivity contribution in [2.45, 2.75) is 25.3 Å². The minimum absolute atomic E-state index is 0.0340. The second kappa shape index (κ2) is 7.42. The maximum absolute atomic E-state index is 13.5. The summed E-state index contributed by atoms with van der Waals surface area (Å²) in [6, 6.07) is 11.8. The molecule has 132 valence electrons. The van der Waals surface area contributed by atoms with Gasteiger partial charge in [-0.1, -0.05) is 30.3 Å². The van der Waals surface area contributed by atoms with Crippen LogP contribution in [-0.4, -0.2) is 34.2 Å². The number of amides is 2. The number of rotatable bonds is 3. The zero-order valence-electron chi connectivity index (χ0n) is 13.8. The number of phenolic OH excluding ortho intramolecular Hbond substituents is 2. The summed E-state index contributed by atoms with van der Waals surface area (Å²) >= 11 is 0. The Morgan fingerprint density at radius 2 is 1.80 bits per heavy atom. The lowest BCUT2D eigenvalue weighted by Gasteiger charge is -2.32. The molecule has 1 saturated heterocycles. The van der Waals surface area contributed by atoms with Gasteiger partial charge in [0.15, 0.2) is 11.6 Å². The fourth-order valence-electron chi connectivity index (χ4n) is 3.17. The molecule has 0 aliphatic carbocycles. The quantitative estimate of drug-likeness (QED) is 0.800. The largest absolute Gasteiger partial charge is 0.508 e. The van der Waals surface area contributed by atoms with E-state index in [2.05, 4.69) is 5.32 Å². The van der Waals surface area contributed by atoms with Crippen molar-refractivity contribution in [2.24, 2.45) is 0 Å². The van der Waals surface area contributed by atoms with Crippen LogP contribution in [0.1, 0.15) is 29.9 Å². The second-order valence-electron chi connectivity index (χ2n) is 6.27. The number of nitrogens with zero attached hydrogens (tertiary/aromatic N) is 1. The number of piperidine rings is 1. The number of nitrogens with one attached hydrogen (secondary N) is 1. The Bertz CT molecular complexity index is 744. The summed E-state index contributed by atoms with van der Waals surface area (Å²) in [7, 11) is 0. The van der Waals surface area contributed by atoms with Crippen LogP contribution in [0.5, 0.6) is 11.5 Å². The van der Waals surface area contributed by atoms with E-state index in [1.165, 1.54) is 6.07 Å². The van der Waals surface area contributed by atoms with E-state index in [-0.39, 0.29) is 17.7 Å². The third-order valence-corrected chi connectivity index (χ3v) is 4.60. The molecular weight excluding hydrogens is 323 g/mol. The molecule has 1 heterocycles. The normalized spacial score (nSPS) is 15.2. The lowest BCUT2D eigenvalue weighted by atomic mass is 9.88. The fourth-order valence-corrected chi connectivity index (χ4v) is 3.17. The number of aromatic hydroxyl groups is 2. The van der Waals surface area contributed by atoms with E-state index in [1.54, 1.807) is 4.90 Å². The number of hydrogen-bond donors (Lipinski definition) is 3. The SMILES string of the molecule is O=C(NCc1ccccc1)N1CCC(c2cc(F)c(O)cc2O)CC1. The zero-order valence-corrected chi connectivity index (χ0v) is 13.8. The van der Waals surface area contributed by atoms with Crippen LogP contribution in [0.15, 0.2) is 42.5 Å². The predicted molar refractivity (Wildman–Crippen MR) is 92.0 cm³/mol. The van der Waals surface area contributed by atoms with Crippen LogP contribution in [0.25, 0.3) is 0 Å². The number of phenols is 2. The number of hydrogen-bond acceptors (Lipinski definition) is 3. The highest BCUT2D eigenvalue weighted by atomic mass is 19.1. The van der Waals surface area contributed by atoms with Crippen LogP contribution in [0.2, 0.25) is 0 Å². The maximum Gasteiger partial charge on any atom is 0.317 e. The van der Waals surface area contributed by atoms with Gasteiger partial charge in [-0.15, -0.1) is 0 Å². The van der Waals surface area contributed by atoms with Crippen LogP contribution >= 0.6 is 0 Å². The van der Waals surface area contributed by atoms with Crippen LogP contribution in [0, 0.1) is 5.82 Å². The molecule has 3 rings (SSSR count). The van der Waals surface area contributed by atoms with Gasteiger partial charge in [-0.2, -0.15) is 0 Å². The average Bonchev–Trinajstić information content (AvgIpc) is 2.64. The lowest BCUT2D eigenvalue weighted by molar-refractivity contribution is 0.180. The van der Waals surface area contributed by atoms with Gasteiger partial charge < -0.3 is 20.4 Å². The molecule has 0 bridgehead atoms. The topological polar surface area (TPSA) is 72.8 Å². The molecular formula is C19H21FN2O3. The Kier molecular flexibility index (Phi) is 5.07. The highest BCUT2D eigenvalue weighted by Gasteiger charge is 2.26. The number of urea groups is 1. The minimum atomic E-state index is -0.740. The van der Waals surface area contributed by atoms with Gasteiger partial charge >= 0.3 is 6.03 Å². The van der Waals surface area contributed by atoms with Crippen molar-refractivity contribution < 1.29 is 19.4 Å². The smallest absolute Gasteiger partial charge is 0.317 e. The first-order valence-electron chi connectivity index (χ1n) is 8.32. The summed E-state index contributed by atoms with van der Waals surface area (Å²) in [6.45, 7) is 1.55. The number of benzene rings is 2. The van der Waals surface area contributed by atoms with Crippen molar-refractivity contribution >= 4 is 6.03 Å². The van der Waals surface area contributed by atoms with Crippen molar-refractivity contribution in [2.75, 3.05) is 13.1 Å². The molecule has 0 atom stereocenters. The third-order valence-electron chi connectivity index (χ3n) is 4.60. The zero-order chi connectivity index (χ0) is 17.8. The van der Waals surface area contributed by atoms with E-state index in [0.29, 0.717) is 38.0 Å². The van der Waals surface area contributed by atoms with Crippen LogP contribution < -0.4 is 5.32 Å². The average molecular weight is 344 g/mol. The van der Waals surface area contributed by atoms with Crippen LogP contribution in [-0.2, 0) is 6.54 Å². The summed E-state index contributed by atoms with van der Waals surface area (Å²) < 4.78 is 13.5. The second-order valence-corrected chi connectivity index (χ2v) is 6.27. The van der Waals surface area contributed by atoms with Crippen molar-refractivity contribution in [1.82, 2.24) is 10.2 Å². The molecule has 1 fully saturated rings. The van der Waals surface area contributed by atoms with Crippen LogP contribution in [0.4, 0.5) is 9.18 Å². The van der Waals surface area contributed by atoms with E-state index in [0.717, 1.165) is 11.6 Å². The minimum Gasteiger partial charge on any atom is -0.508 e. The van der Waals surface area contributed by atoms with Crippen molar-refractivity contribution in [3.63, 3.8) is 0 Å². The van der Waals surface area contributed by atoms with Gasteiger partial charge in [-0.3, -0.25) is 0 Å². The Morgan fingerprint density at radius 1 is 1.12 bits per heavy atom. The number of carbonyl (C=O) groups is 1. The van der Waals surface area contributed by atoms with E-state index in [4.69, 9.17) is 0 Å². The molecule has 1 aliphatic heterocycles. The molecule has 3 N–H and O–H groups in total. The standard InChI is InChI=1S/C19H21FN2O3/c20-16-10-15(17(23)11-18(16)24)14-6-8-22(9-7-14)19(25)21-12-13-4-2-1-3-5-13/h1-5,10-11,14,23-24H,6-9,12H2,(H,21,25). The van der Waals surface area contributed by atoms with Crippen molar-refractivity contribution in [3.8, 4) is 11.5 Å². The first kappa shape index (κ1) is 17.1. The van der Waals surface area contributed by atoms with Gasteiger partial charge in [0.25, 0.3) is 0 Å². The Morgan fingerprint density at radius 3 is 2.48 bits per heavy atom. The molecule has 6 heteroatoms. The molecule has 25 heavy (non-hydrogen) atoms. The molecule has 2 aromatic rings. The summed E-state index contributed by atoms with van der Waals surface area (Å²) in [5, 5.41) is 22.1. The van der Waals surface area contributed by atoms with Gasteiger partial charge in [-0.25, -0.2) is 9.18 Å². The first-order valence-corrected chi connectivity index (χ1v) is 8.32. The third kappa shape index (κ3) is 4.02. The van der Waals surface area contributed by atoms with Gasteiger partial charge in [0.05, 0.1) is 0 Å². The molecule has 0 unspecified atom stereocenters. The maximum atomic E-state index is 13.5. The molecule has 0 saturated carbocycles. The highest BCUT2D eigenvalue weighted by molar-refractivity contribution is 5.74. The van der Waals surface area contributed by atoms with Crippen LogP contribution in [0.3, 0.4) is 0 Å². The summed E-state index contributed by atoms with van der Waals surface area (Å²) in [4.78, 5) is 14.0. The van der Waals surface area contributed by atoms with E-state index >= 15 is 0 Å². The Balaban J connectivity index is 1.55. The number of carbonyl (C=O) groups excluding carboxylic acids is 1. The Labute approximate surface area is 145 Å². The highest BCUT2D eigenvalue weighted by Crippen LogP contribution is 2.36. The molecule has 2 aromatic carbocycles. The molecule has 0 aromatic heterocycles. The van der Waals surface area contributed by atoms with E-state index in [9.17, 15) is 19.4 Å². The lowest BCUT2D eigenvalue weighted by Crippen LogP contribution is -2.43. The first-order chi connectivity index (χ1) is 12.0. The molecule has 1 aliphatic rings. The van der Waals surface area contributed by atoms with Crippen molar-refractivity contribution in [1.29, 1.82) is 0 Å². The predicted octanol–water partition coefficient (Wildman–Crippen LogP) is 3.33. The number of likely N-dealkylation sites (tertiary alicyclic amines) is 1. The fraction of sp³-hybridized carbons (Fsp3) is 0.316. The summed E-state index contributed by atoms with van der Waals surface area (Å²) in [6.07, 6.45) is 1.27. The van der Waals surface area contributed by atoms with Gasteiger partial charge in [0.2, 0.25) is 0 Å². The van der Waals surface area contributed by atoms with Gasteiger partial charge in [0.1, 0.15) is 5.75 Å². The summed E-state index contributed by atoms with van der Waals surface area (Å²) in [5.41, 5.74) is 1.52. The van der Waals surface area contributed by atoms with Gasteiger partial charge in [-0.05, 0) is 30.4 Å². The monoisotopic (exact) mass is 344 g/mol. The molecule has 2 amide bonds. The van der Waals surface area contributed by atoms with Crippen molar-refractivity contribution in [3.05, 3.63) is 59.4 Å². The molecule has 0 radical (unpaired) electrons. The van der Waals surface area contributed by atoms with E-state index in [1.807, 2.05) is 30.3 Å². The Hall–Kier alpha value is -2.76. The van der Waals surface area contributed by atoms with Gasteiger partial charge in [0, 0.05) is 31.3 Å². The van der Waals surface area contributed by atoms with E-state index < -0.39 is 11.6 Å². The number of halogens is 1. The molecule has 0 spiro atoms. The summed E-state index contributed by atoms with van der Waals surface area (Å²) in [5.74, 6) is -1.44.